The third-order valence-corrected chi connectivity index (χ3v) is 6.10. The van der Waals surface area contributed by atoms with Gasteiger partial charge in [0, 0.05) is 37.3 Å². The number of anilines is 1. The molecule has 2 heterocycles. The molecule has 0 aliphatic carbocycles. The number of primary amides is 1. The first-order valence-electron chi connectivity index (χ1n) is 10.7. The van der Waals surface area contributed by atoms with Gasteiger partial charge in [-0.25, -0.2) is 0 Å². The van der Waals surface area contributed by atoms with E-state index in [0.29, 0.717) is 32.1 Å². The predicted molar refractivity (Wildman–Crippen MR) is 118 cm³/mol. The number of morpholine rings is 1. The molecule has 0 bridgehead atoms. The van der Waals surface area contributed by atoms with Gasteiger partial charge in [-0.05, 0) is 25.5 Å². The minimum absolute atomic E-state index is 0.0313. The molecule has 32 heavy (non-hydrogen) atoms. The number of rotatable bonds is 6. The van der Waals surface area contributed by atoms with Gasteiger partial charge >= 0.3 is 0 Å². The second-order valence-electron chi connectivity index (χ2n) is 8.49. The van der Waals surface area contributed by atoms with Crippen LogP contribution in [0.2, 0.25) is 0 Å². The molecule has 0 aromatic heterocycles. The van der Waals surface area contributed by atoms with E-state index in [0.717, 1.165) is 11.3 Å². The van der Waals surface area contributed by atoms with E-state index in [-0.39, 0.29) is 35.9 Å². The van der Waals surface area contributed by atoms with Crippen molar-refractivity contribution in [1.82, 2.24) is 0 Å². The lowest BCUT2D eigenvalue weighted by atomic mass is 9.78. The third-order valence-electron chi connectivity index (χ3n) is 6.10. The molecule has 170 valence electrons. The van der Waals surface area contributed by atoms with Crippen LogP contribution in [0.3, 0.4) is 0 Å². The molecule has 8 nitrogen and oxygen atoms in total. The first kappa shape index (κ1) is 22.0. The van der Waals surface area contributed by atoms with Gasteiger partial charge in [0.2, 0.25) is 5.91 Å². The van der Waals surface area contributed by atoms with Crippen LogP contribution >= 0.6 is 0 Å². The predicted octanol–water partition coefficient (Wildman–Crippen LogP) is 2.44. The van der Waals surface area contributed by atoms with E-state index in [2.05, 4.69) is 4.90 Å². The van der Waals surface area contributed by atoms with E-state index < -0.39 is 17.4 Å². The van der Waals surface area contributed by atoms with Crippen molar-refractivity contribution in [2.24, 2.45) is 11.7 Å². The van der Waals surface area contributed by atoms with Crippen LogP contribution < -0.4 is 20.1 Å². The number of aryl methyl sites for hydroxylation is 1. The first-order chi connectivity index (χ1) is 15.3. The lowest BCUT2D eigenvalue weighted by Gasteiger charge is -2.41. The molecule has 8 heteroatoms. The number of aromatic hydroxyl groups is 1. The second kappa shape index (κ2) is 8.70. The van der Waals surface area contributed by atoms with Crippen molar-refractivity contribution in [3.8, 4) is 17.2 Å². The molecular formula is C24H28N2O6. The lowest BCUT2D eigenvalue weighted by molar-refractivity contribution is -0.121. The number of amides is 1. The van der Waals surface area contributed by atoms with E-state index in [1.54, 1.807) is 19.1 Å². The molecular weight excluding hydrogens is 412 g/mol. The van der Waals surface area contributed by atoms with Gasteiger partial charge in [0.05, 0.1) is 19.1 Å². The topological polar surface area (TPSA) is 111 Å². The quantitative estimate of drug-likeness (QED) is 0.710. The number of carbonyl (C=O) groups excluding carboxylic acids is 2. The number of benzene rings is 2. The maximum Gasteiger partial charge on any atom is 0.218 e. The Morgan fingerprint density at radius 1 is 1.28 bits per heavy atom. The summed E-state index contributed by atoms with van der Waals surface area (Å²) in [6.45, 7) is 6.20. The zero-order valence-electron chi connectivity index (χ0n) is 18.3. The molecule has 2 aliphatic rings. The van der Waals surface area contributed by atoms with Crippen molar-refractivity contribution in [3.05, 3.63) is 47.5 Å². The van der Waals surface area contributed by atoms with Gasteiger partial charge in [-0.15, -0.1) is 0 Å². The maximum absolute atomic E-state index is 13.4. The molecule has 2 atom stereocenters. The largest absolute Gasteiger partial charge is 0.507 e. The molecule has 2 unspecified atom stereocenters. The number of nitrogens with zero attached hydrogens (tertiary/aromatic N) is 1. The second-order valence-corrected chi connectivity index (χ2v) is 8.49. The summed E-state index contributed by atoms with van der Waals surface area (Å²) in [6.07, 6.45) is -0.212. The Kier molecular flexibility index (Phi) is 5.97. The Morgan fingerprint density at radius 3 is 2.69 bits per heavy atom. The van der Waals surface area contributed by atoms with Crippen molar-refractivity contribution in [2.75, 3.05) is 37.8 Å². The van der Waals surface area contributed by atoms with Gasteiger partial charge in [0.1, 0.15) is 29.4 Å². The van der Waals surface area contributed by atoms with E-state index in [9.17, 15) is 14.7 Å². The summed E-state index contributed by atoms with van der Waals surface area (Å²) in [5, 5.41) is 10.7. The summed E-state index contributed by atoms with van der Waals surface area (Å²) in [5.41, 5.74) is 6.05. The molecule has 3 N–H and O–H groups in total. The number of hydrogen-bond acceptors (Lipinski definition) is 7. The van der Waals surface area contributed by atoms with Gasteiger partial charge in [0.15, 0.2) is 11.4 Å². The Hall–Kier alpha value is -3.26. The summed E-state index contributed by atoms with van der Waals surface area (Å²) in [7, 11) is 0. The number of phenolic OH excluding ortho intramolecular Hbond substituents is 1. The van der Waals surface area contributed by atoms with Gasteiger partial charge in [0.25, 0.3) is 0 Å². The van der Waals surface area contributed by atoms with Crippen molar-refractivity contribution in [3.63, 3.8) is 0 Å². The summed E-state index contributed by atoms with van der Waals surface area (Å²) in [4.78, 5) is 27.3. The Morgan fingerprint density at radius 2 is 2.00 bits per heavy atom. The average Bonchev–Trinajstić information content (AvgIpc) is 2.76. The van der Waals surface area contributed by atoms with Crippen LogP contribution in [0.1, 0.15) is 29.3 Å². The van der Waals surface area contributed by atoms with E-state index in [1.807, 2.05) is 31.2 Å². The number of ketones is 1. The summed E-state index contributed by atoms with van der Waals surface area (Å²) in [6, 6.07) is 10.8. The summed E-state index contributed by atoms with van der Waals surface area (Å²) >= 11 is 0. The van der Waals surface area contributed by atoms with Gasteiger partial charge < -0.3 is 30.0 Å². The SMILES string of the molecule is Cc1ccccc1OCC1(C)Oc2cc(N3CCOCC3)cc(O)c2C(=O)C1CC(N)=O. The Balaban J connectivity index is 1.69. The number of ether oxygens (including phenoxy) is 3. The number of carbonyl (C=O) groups is 2. The van der Waals surface area contributed by atoms with E-state index in [1.165, 1.54) is 0 Å². The number of fused-ring (bicyclic) bond motifs is 1. The highest BCUT2D eigenvalue weighted by Crippen LogP contribution is 2.45. The van der Waals surface area contributed by atoms with Crippen molar-refractivity contribution in [1.29, 1.82) is 0 Å². The monoisotopic (exact) mass is 440 g/mol. The van der Waals surface area contributed by atoms with Gasteiger partial charge in [-0.1, -0.05) is 18.2 Å². The van der Waals surface area contributed by atoms with Crippen LogP contribution in [0.4, 0.5) is 5.69 Å². The maximum atomic E-state index is 13.4. The normalized spacial score (nSPS) is 22.8. The highest BCUT2D eigenvalue weighted by atomic mass is 16.5. The highest BCUT2D eigenvalue weighted by Gasteiger charge is 2.49. The van der Waals surface area contributed by atoms with Crippen molar-refractivity contribution < 1.29 is 28.9 Å². The average molecular weight is 440 g/mol. The van der Waals surface area contributed by atoms with Crippen LogP contribution in [0.15, 0.2) is 36.4 Å². The number of nitrogens with two attached hydrogens (primary N) is 1. The summed E-state index contributed by atoms with van der Waals surface area (Å²) < 4.78 is 17.7. The van der Waals surface area contributed by atoms with E-state index in [4.69, 9.17) is 19.9 Å². The highest BCUT2D eigenvalue weighted by molar-refractivity contribution is 6.06. The third kappa shape index (κ3) is 4.23. The van der Waals surface area contributed by atoms with Crippen LogP contribution in [0.5, 0.6) is 17.2 Å². The molecule has 0 spiro atoms. The fraction of sp³-hybridized carbons (Fsp3) is 0.417. The Bertz CT molecular complexity index is 1030. The van der Waals surface area contributed by atoms with Crippen molar-refractivity contribution in [2.45, 2.75) is 25.9 Å². The number of phenols is 1. The van der Waals surface area contributed by atoms with Gasteiger partial charge in [-0.3, -0.25) is 9.59 Å². The molecule has 4 rings (SSSR count). The van der Waals surface area contributed by atoms with Crippen LogP contribution in [-0.4, -0.2) is 55.3 Å². The zero-order chi connectivity index (χ0) is 22.9. The standard InChI is InChI=1S/C24H28N2O6/c1-15-5-3-4-6-19(15)31-14-24(2)17(13-21(25)28)23(29)22-18(27)11-16(12-20(22)32-24)26-7-9-30-10-8-26/h3-6,11-12,17,27H,7-10,13-14H2,1-2H3,(H2,25,28). The number of Topliss-reactive ketones (excluding diaryl/α,β-unsaturated/α-hetero) is 1. The smallest absolute Gasteiger partial charge is 0.218 e. The molecule has 2 aliphatic heterocycles. The lowest BCUT2D eigenvalue weighted by Crippen LogP contribution is -2.53. The van der Waals surface area contributed by atoms with Crippen molar-refractivity contribution >= 4 is 17.4 Å². The first-order valence-corrected chi connectivity index (χ1v) is 10.7. The van der Waals surface area contributed by atoms with Crippen LogP contribution in [0.25, 0.3) is 0 Å². The minimum Gasteiger partial charge on any atom is -0.507 e. The zero-order valence-corrected chi connectivity index (χ0v) is 18.3. The molecule has 2 aromatic carbocycles. The van der Waals surface area contributed by atoms with E-state index >= 15 is 0 Å². The molecule has 0 saturated carbocycles. The molecule has 0 radical (unpaired) electrons. The Labute approximate surface area is 186 Å². The molecule has 2 aromatic rings. The molecule has 1 fully saturated rings. The number of hydrogen-bond donors (Lipinski definition) is 2. The number of para-hydroxylation sites is 1. The van der Waals surface area contributed by atoms with Crippen LogP contribution in [0, 0.1) is 12.8 Å². The van der Waals surface area contributed by atoms with Crippen LogP contribution in [-0.2, 0) is 9.53 Å². The molecule has 1 saturated heterocycles. The van der Waals surface area contributed by atoms with Gasteiger partial charge in [-0.2, -0.15) is 0 Å². The molecule has 1 amide bonds. The fourth-order valence-corrected chi connectivity index (χ4v) is 4.27. The minimum atomic E-state index is -1.16. The summed E-state index contributed by atoms with van der Waals surface area (Å²) in [5.74, 6) is -1.14. The fourth-order valence-electron chi connectivity index (χ4n) is 4.27.